The SMILES string of the molecule is CC(C)(C)C1=CC(C(C)(C)C2C=C(C(C)(C)C)c3ccccc32)c2ccccc21. The maximum absolute atomic E-state index is 2.58. The molecule has 0 bridgehead atoms. The molecule has 0 saturated heterocycles. The number of benzene rings is 2. The van der Waals surface area contributed by atoms with Gasteiger partial charge >= 0.3 is 0 Å². The van der Waals surface area contributed by atoms with E-state index in [0.717, 1.165) is 0 Å². The van der Waals surface area contributed by atoms with Gasteiger partial charge in [-0.1, -0.05) is 116 Å². The van der Waals surface area contributed by atoms with Crippen LogP contribution in [0, 0.1) is 16.2 Å². The van der Waals surface area contributed by atoms with E-state index in [0.29, 0.717) is 11.8 Å². The van der Waals surface area contributed by atoms with Crippen LogP contribution in [0.3, 0.4) is 0 Å². The number of hydrogen-bond donors (Lipinski definition) is 0. The molecule has 2 aliphatic rings. The maximum Gasteiger partial charge on any atom is 0.00903 e. The van der Waals surface area contributed by atoms with Gasteiger partial charge in [-0.3, -0.25) is 0 Å². The zero-order valence-electron chi connectivity index (χ0n) is 19.4. The molecule has 0 aromatic heterocycles. The second-order valence-corrected chi connectivity index (χ2v) is 11.6. The minimum absolute atomic E-state index is 0.0895. The molecule has 4 rings (SSSR count). The van der Waals surface area contributed by atoms with Crippen molar-refractivity contribution in [1.29, 1.82) is 0 Å². The van der Waals surface area contributed by atoms with Gasteiger partial charge in [0.1, 0.15) is 0 Å². The van der Waals surface area contributed by atoms with Crippen LogP contribution in [0.25, 0.3) is 11.1 Å². The summed E-state index contributed by atoms with van der Waals surface area (Å²) < 4.78 is 0. The Labute approximate surface area is 177 Å². The van der Waals surface area contributed by atoms with Crippen molar-refractivity contribution in [2.45, 2.75) is 67.2 Å². The molecule has 0 saturated carbocycles. The van der Waals surface area contributed by atoms with Crippen LogP contribution in [0.5, 0.6) is 0 Å². The fourth-order valence-corrected chi connectivity index (χ4v) is 5.45. The minimum Gasteiger partial charge on any atom is -0.0721 e. The molecule has 2 unspecified atom stereocenters. The van der Waals surface area contributed by atoms with E-state index in [4.69, 9.17) is 0 Å². The van der Waals surface area contributed by atoms with Gasteiger partial charge in [0.25, 0.3) is 0 Å². The highest BCUT2D eigenvalue weighted by molar-refractivity contribution is 5.80. The van der Waals surface area contributed by atoms with E-state index in [1.807, 2.05) is 0 Å². The summed E-state index contributed by atoms with van der Waals surface area (Å²) in [7, 11) is 0. The lowest BCUT2D eigenvalue weighted by atomic mass is 9.66. The van der Waals surface area contributed by atoms with Gasteiger partial charge in [-0.15, -0.1) is 0 Å². The molecule has 0 spiro atoms. The third-order valence-electron chi connectivity index (χ3n) is 7.06. The zero-order chi connectivity index (χ0) is 21.2. The maximum atomic E-state index is 2.58. The second-order valence-electron chi connectivity index (χ2n) is 11.6. The molecular weight excluding hydrogens is 348 g/mol. The molecule has 0 fully saturated rings. The van der Waals surface area contributed by atoms with E-state index < -0.39 is 0 Å². The quantitative estimate of drug-likeness (QED) is 0.487. The molecule has 2 atom stereocenters. The van der Waals surface area contributed by atoms with Crippen LogP contribution in [0.2, 0.25) is 0 Å². The first-order chi connectivity index (χ1) is 13.4. The fourth-order valence-electron chi connectivity index (χ4n) is 5.45. The van der Waals surface area contributed by atoms with E-state index in [2.05, 4.69) is 116 Å². The third-order valence-corrected chi connectivity index (χ3v) is 7.06. The molecule has 0 heteroatoms. The Kier molecular flexibility index (Phi) is 4.50. The van der Waals surface area contributed by atoms with Crippen LogP contribution in [0.1, 0.15) is 89.5 Å². The summed E-state index contributed by atoms with van der Waals surface area (Å²) in [4.78, 5) is 0. The Morgan fingerprint density at radius 3 is 1.21 bits per heavy atom. The van der Waals surface area contributed by atoms with Crippen LogP contribution >= 0.6 is 0 Å². The largest absolute Gasteiger partial charge is 0.0721 e. The van der Waals surface area contributed by atoms with Crippen LogP contribution in [-0.4, -0.2) is 0 Å². The standard InChI is InChI=1S/C29H36/c1-27(2,3)23-17-25(21-15-11-9-13-19(21)23)29(7,8)26-18-24(28(4,5)6)20-14-10-12-16-22(20)26/h9-18,25-26H,1-8H3. The highest BCUT2D eigenvalue weighted by atomic mass is 14.5. The molecule has 0 N–H and O–H groups in total. The second kappa shape index (κ2) is 6.46. The van der Waals surface area contributed by atoms with Crippen molar-refractivity contribution < 1.29 is 0 Å². The van der Waals surface area contributed by atoms with E-state index in [1.54, 1.807) is 0 Å². The highest BCUT2D eigenvalue weighted by Gasteiger charge is 2.45. The summed E-state index contributed by atoms with van der Waals surface area (Å²) in [5, 5.41) is 0. The first-order valence-corrected chi connectivity index (χ1v) is 11.1. The predicted molar refractivity (Wildman–Crippen MR) is 127 cm³/mol. The van der Waals surface area contributed by atoms with E-state index in [-0.39, 0.29) is 16.2 Å². The summed E-state index contributed by atoms with van der Waals surface area (Å²) in [5.41, 5.74) is 9.28. The van der Waals surface area contributed by atoms with Gasteiger partial charge in [0.2, 0.25) is 0 Å². The molecule has 0 radical (unpaired) electrons. The Hall–Kier alpha value is -2.08. The Morgan fingerprint density at radius 2 is 0.862 bits per heavy atom. The predicted octanol–water partition coefficient (Wildman–Crippen LogP) is 8.47. The summed E-state index contributed by atoms with van der Waals surface area (Å²) in [6.45, 7) is 19.0. The molecule has 0 nitrogen and oxygen atoms in total. The van der Waals surface area contributed by atoms with Gasteiger partial charge in [-0.05, 0) is 49.6 Å². The molecule has 0 aliphatic heterocycles. The monoisotopic (exact) mass is 384 g/mol. The van der Waals surface area contributed by atoms with Gasteiger partial charge in [0, 0.05) is 11.8 Å². The lowest BCUT2D eigenvalue weighted by Gasteiger charge is -2.37. The van der Waals surface area contributed by atoms with Gasteiger partial charge in [0.15, 0.2) is 0 Å². The summed E-state index contributed by atoms with van der Waals surface area (Å²) in [6.07, 6.45) is 5.16. The fraction of sp³-hybridized carbons (Fsp3) is 0.448. The zero-order valence-corrected chi connectivity index (χ0v) is 19.4. The minimum atomic E-state index is 0.0895. The Bertz CT molecular complexity index is 917. The van der Waals surface area contributed by atoms with Crippen LogP contribution in [-0.2, 0) is 0 Å². The molecule has 0 heterocycles. The van der Waals surface area contributed by atoms with Gasteiger partial charge in [-0.25, -0.2) is 0 Å². The number of hydrogen-bond acceptors (Lipinski definition) is 0. The van der Waals surface area contributed by atoms with Crippen molar-refractivity contribution >= 4 is 11.1 Å². The van der Waals surface area contributed by atoms with Crippen LogP contribution in [0.4, 0.5) is 0 Å². The van der Waals surface area contributed by atoms with Crippen LogP contribution < -0.4 is 0 Å². The lowest BCUT2D eigenvalue weighted by molar-refractivity contribution is 0.291. The molecule has 2 aliphatic carbocycles. The van der Waals surface area contributed by atoms with E-state index in [9.17, 15) is 0 Å². The number of allylic oxidation sites excluding steroid dienone is 4. The van der Waals surface area contributed by atoms with Gasteiger partial charge in [-0.2, -0.15) is 0 Å². The van der Waals surface area contributed by atoms with Crippen LogP contribution in [0.15, 0.2) is 60.7 Å². The molecule has 152 valence electrons. The highest BCUT2D eigenvalue weighted by Crippen LogP contribution is 2.59. The number of fused-ring (bicyclic) bond motifs is 2. The van der Waals surface area contributed by atoms with Crippen molar-refractivity contribution in [3.05, 3.63) is 82.9 Å². The normalized spacial score (nSPS) is 21.5. The molecule has 29 heavy (non-hydrogen) atoms. The average Bonchev–Trinajstić information content (AvgIpc) is 3.21. The molecular formula is C29H36. The summed E-state index contributed by atoms with van der Waals surface area (Å²) in [6, 6.07) is 18.1. The first-order valence-electron chi connectivity index (χ1n) is 11.1. The smallest absolute Gasteiger partial charge is 0.00903 e. The first kappa shape index (κ1) is 20.2. The molecule has 0 amide bonds. The van der Waals surface area contributed by atoms with Crippen molar-refractivity contribution in [2.75, 3.05) is 0 Å². The van der Waals surface area contributed by atoms with Crippen molar-refractivity contribution in [2.24, 2.45) is 16.2 Å². The lowest BCUT2D eigenvalue weighted by Crippen LogP contribution is -2.26. The average molecular weight is 385 g/mol. The third kappa shape index (κ3) is 3.21. The topological polar surface area (TPSA) is 0 Å². The van der Waals surface area contributed by atoms with E-state index in [1.165, 1.54) is 33.4 Å². The van der Waals surface area contributed by atoms with Crippen molar-refractivity contribution in [3.8, 4) is 0 Å². The Balaban J connectivity index is 1.86. The molecule has 2 aromatic rings. The molecule has 2 aromatic carbocycles. The van der Waals surface area contributed by atoms with Gasteiger partial charge in [0.05, 0.1) is 0 Å². The summed E-state index contributed by atoms with van der Waals surface area (Å²) in [5.74, 6) is 0.836. The number of rotatable bonds is 2. The van der Waals surface area contributed by atoms with Crippen molar-refractivity contribution in [1.82, 2.24) is 0 Å². The van der Waals surface area contributed by atoms with E-state index >= 15 is 0 Å². The summed E-state index contributed by atoms with van der Waals surface area (Å²) >= 11 is 0. The van der Waals surface area contributed by atoms with Crippen molar-refractivity contribution in [3.63, 3.8) is 0 Å². The Morgan fingerprint density at radius 1 is 0.517 bits per heavy atom. The van der Waals surface area contributed by atoms with Gasteiger partial charge < -0.3 is 0 Å².